The molecule has 0 amide bonds. The van der Waals surface area contributed by atoms with Crippen molar-refractivity contribution in [1.29, 1.82) is 0 Å². The molecular formula is C46H50Br2F6N2O10S2. The number of carboxylic acid groups (broad SMARTS) is 1. The molecule has 4 aromatic carbocycles. The molecular weight excluding hydrogens is 1080 g/mol. The van der Waals surface area contributed by atoms with Crippen LogP contribution < -0.4 is 9.47 Å². The van der Waals surface area contributed by atoms with Crippen molar-refractivity contribution >= 4 is 63.8 Å². The van der Waals surface area contributed by atoms with Gasteiger partial charge in [-0.25, -0.2) is 26.4 Å². The minimum Gasteiger partial charge on any atom is -0.482 e. The van der Waals surface area contributed by atoms with E-state index in [9.17, 15) is 52.8 Å². The van der Waals surface area contributed by atoms with E-state index in [1.54, 1.807) is 57.2 Å². The molecule has 68 heavy (non-hydrogen) atoms. The van der Waals surface area contributed by atoms with Gasteiger partial charge < -0.3 is 19.3 Å². The van der Waals surface area contributed by atoms with Crippen molar-refractivity contribution in [2.75, 3.05) is 27.3 Å². The Kier molecular flexibility index (Phi) is 17.6. The molecule has 0 saturated heterocycles. The molecule has 0 radical (unpaired) electrons. The van der Waals surface area contributed by atoms with Crippen LogP contribution in [0.1, 0.15) is 105 Å². The van der Waals surface area contributed by atoms with Crippen LogP contribution in [0.25, 0.3) is 0 Å². The fraction of sp³-hybridized carbons (Fsp3) is 0.435. The second-order valence-electron chi connectivity index (χ2n) is 17.1. The Morgan fingerprint density at radius 2 is 1.04 bits per heavy atom. The van der Waals surface area contributed by atoms with Crippen LogP contribution in [0.3, 0.4) is 0 Å². The van der Waals surface area contributed by atoms with Gasteiger partial charge in [-0.05, 0) is 130 Å². The second-order valence-corrected chi connectivity index (χ2v) is 22.9. The third-order valence-electron chi connectivity index (χ3n) is 11.1. The number of aliphatic carboxylic acids is 1. The first kappa shape index (κ1) is 54.7. The van der Waals surface area contributed by atoms with E-state index < -0.39 is 89.5 Å². The Morgan fingerprint density at radius 3 is 1.41 bits per heavy atom. The number of hydrogen-bond donors (Lipinski definition) is 1. The van der Waals surface area contributed by atoms with Gasteiger partial charge in [-0.15, -0.1) is 0 Å². The van der Waals surface area contributed by atoms with Crippen LogP contribution in [-0.2, 0) is 59.6 Å². The molecule has 12 nitrogen and oxygen atoms in total. The normalized spacial score (nSPS) is 16.9. The lowest BCUT2D eigenvalue weighted by molar-refractivity contribution is -0.157. The maximum Gasteiger partial charge on any atom is 0.416 e. The third-order valence-corrected chi connectivity index (χ3v) is 15.7. The summed E-state index contributed by atoms with van der Waals surface area (Å²) in [4.78, 5) is 22.1. The van der Waals surface area contributed by atoms with Gasteiger partial charge in [-0.3, -0.25) is 0 Å². The van der Waals surface area contributed by atoms with E-state index in [0.29, 0.717) is 78.8 Å². The number of sulfonamides is 2. The van der Waals surface area contributed by atoms with Crippen LogP contribution in [0.4, 0.5) is 26.3 Å². The molecule has 0 saturated carbocycles. The summed E-state index contributed by atoms with van der Waals surface area (Å²) in [5, 5.41) is 8.91. The standard InChI is InChI=1S/C25H29BrF3NO5S.C21H21BrF3NO5S/c1-24(2,3)35-23(31)15-34-22-11-7-9-19-20(22)8-5-6-10-21(19)30(4)36(32,33)18-13-16(25(27,28)29)12-17(26)14-18;1-26(32(29,30)15-10-13(21(23,24)25)9-14(22)11-15)18-7-3-2-5-17-16(18)6-4-8-19(17)31-12-20(27)28/h7,9,11-14,21H,5-6,8,10,15H2,1-4H3;4,6,8-11,18H,2-3,5,7,12H2,1H3,(H,27,28). The lowest BCUT2D eigenvalue weighted by Gasteiger charge is -2.29. The number of carboxylic acids is 1. The van der Waals surface area contributed by atoms with Crippen molar-refractivity contribution in [1.82, 2.24) is 8.61 Å². The number of esters is 1. The highest BCUT2D eigenvalue weighted by atomic mass is 79.9. The highest BCUT2D eigenvalue weighted by Crippen LogP contribution is 2.43. The van der Waals surface area contributed by atoms with E-state index in [4.69, 9.17) is 19.3 Å². The fourth-order valence-corrected chi connectivity index (χ4v) is 12.2. The number of benzene rings is 4. The maximum atomic E-state index is 13.5. The SMILES string of the molecule is CN(C1CCCCc2c(OCC(=O)O)cccc21)S(=O)(=O)c1cc(Br)cc(C(F)(F)F)c1.CN(C1CCCCc2c(OCC(=O)OC(C)(C)C)cccc21)S(=O)(=O)c1cc(Br)cc(C(F)(F)F)c1. The van der Waals surface area contributed by atoms with Crippen LogP contribution in [0, 0.1) is 0 Å². The van der Waals surface area contributed by atoms with Gasteiger partial charge in [0.25, 0.3) is 0 Å². The molecule has 1 N–H and O–H groups in total. The van der Waals surface area contributed by atoms with Crippen LogP contribution in [-0.4, -0.2) is 75.4 Å². The minimum absolute atomic E-state index is 0.00456. The molecule has 0 spiro atoms. The average Bonchev–Trinajstić information content (AvgIpc) is 3.60. The fourth-order valence-electron chi connectivity index (χ4n) is 8.01. The van der Waals surface area contributed by atoms with Crippen LogP contribution in [0.15, 0.2) is 91.5 Å². The van der Waals surface area contributed by atoms with E-state index in [1.807, 2.05) is 0 Å². The van der Waals surface area contributed by atoms with Crippen molar-refractivity contribution in [3.05, 3.63) is 115 Å². The zero-order valence-electron chi connectivity index (χ0n) is 37.5. The molecule has 4 aromatic rings. The molecule has 22 heteroatoms. The smallest absolute Gasteiger partial charge is 0.416 e. The van der Waals surface area contributed by atoms with E-state index in [0.717, 1.165) is 45.2 Å². The molecule has 0 bridgehead atoms. The number of nitrogens with zero attached hydrogens (tertiary/aromatic N) is 2. The van der Waals surface area contributed by atoms with Gasteiger partial charge in [-0.1, -0.05) is 69.0 Å². The number of rotatable bonds is 12. The summed E-state index contributed by atoms with van der Waals surface area (Å²) in [5.41, 5.74) is 0.0646. The number of ether oxygens (including phenoxy) is 3. The van der Waals surface area contributed by atoms with Gasteiger partial charge in [0.15, 0.2) is 13.2 Å². The number of fused-ring (bicyclic) bond motifs is 2. The number of hydrogen-bond acceptors (Lipinski definition) is 9. The first-order valence-corrected chi connectivity index (χ1v) is 25.6. The van der Waals surface area contributed by atoms with Gasteiger partial charge in [-0.2, -0.15) is 35.0 Å². The summed E-state index contributed by atoms with van der Waals surface area (Å²) in [5.74, 6) is -0.843. The lowest BCUT2D eigenvalue weighted by Crippen LogP contribution is -2.32. The summed E-state index contributed by atoms with van der Waals surface area (Å²) in [6, 6.07) is 14.2. The Balaban J connectivity index is 0.000000256. The number of carbonyl (C=O) groups excluding carboxylic acids is 1. The summed E-state index contributed by atoms with van der Waals surface area (Å²) >= 11 is 5.97. The van der Waals surface area contributed by atoms with E-state index >= 15 is 0 Å². The Hall–Kier alpha value is -4.22. The molecule has 6 rings (SSSR count). The van der Waals surface area contributed by atoms with Crippen molar-refractivity contribution in [2.24, 2.45) is 0 Å². The Labute approximate surface area is 408 Å². The first-order valence-electron chi connectivity index (χ1n) is 21.1. The minimum atomic E-state index is -4.70. The second kappa shape index (κ2) is 21.8. The molecule has 0 fully saturated rings. The summed E-state index contributed by atoms with van der Waals surface area (Å²) in [6.07, 6.45) is -4.37. The molecule has 0 heterocycles. The Morgan fingerprint density at radius 1 is 0.647 bits per heavy atom. The number of carbonyl (C=O) groups is 2. The van der Waals surface area contributed by atoms with Crippen LogP contribution in [0.5, 0.6) is 11.5 Å². The van der Waals surface area contributed by atoms with E-state index in [-0.39, 0.29) is 15.6 Å². The van der Waals surface area contributed by atoms with Gasteiger partial charge in [0.1, 0.15) is 17.1 Å². The maximum absolute atomic E-state index is 13.5. The topological polar surface area (TPSA) is 157 Å². The van der Waals surface area contributed by atoms with Crippen LogP contribution >= 0.6 is 31.9 Å². The highest BCUT2D eigenvalue weighted by Gasteiger charge is 2.38. The lowest BCUT2D eigenvalue weighted by atomic mass is 9.98. The zero-order valence-corrected chi connectivity index (χ0v) is 42.3. The molecule has 2 unspecified atom stereocenters. The largest absolute Gasteiger partial charge is 0.482 e. The molecule has 0 aromatic heterocycles. The number of halogens is 8. The van der Waals surface area contributed by atoms with Crippen LogP contribution in [0.2, 0.25) is 0 Å². The molecule has 372 valence electrons. The van der Waals surface area contributed by atoms with Crippen molar-refractivity contribution in [3.63, 3.8) is 0 Å². The van der Waals surface area contributed by atoms with E-state index in [1.165, 1.54) is 20.2 Å². The summed E-state index contributed by atoms with van der Waals surface area (Å²) in [7, 11) is -5.83. The zero-order chi connectivity index (χ0) is 50.6. The summed E-state index contributed by atoms with van der Waals surface area (Å²) < 4.78 is 152. The highest BCUT2D eigenvalue weighted by molar-refractivity contribution is 9.10. The molecule has 0 aliphatic heterocycles. The van der Waals surface area contributed by atoms with Gasteiger partial charge in [0.2, 0.25) is 20.0 Å². The molecule has 2 aliphatic carbocycles. The van der Waals surface area contributed by atoms with Gasteiger partial charge >= 0.3 is 24.3 Å². The Bertz CT molecular complexity index is 2710. The number of alkyl halides is 6. The van der Waals surface area contributed by atoms with Crippen molar-refractivity contribution in [3.8, 4) is 11.5 Å². The van der Waals surface area contributed by atoms with Gasteiger partial charge in [0.05, 0.1) is 33.0 Å². The van der Waals surface area contributed by atoms with Crippen molar-refractivity contribution < 1.29 is 72.1 Å². The predicted octanol–water partition coefficient (Wildman–Crippen LogP) is 11.3. The quantitative estimate of drug-likeness (QED) is 0.0823. The third kappa shape index (κ3) is 13.8. The van der Waals surface area contributed by atoms with E-state index in [2.05, 4.69) is 31.9 Å². The molecule has 2 aliphatic rings. The van der Waals surface area contributed by atoms with Crippen molar-refractivity contribution in [2.45, 2.75) is 112 Å². The summed E-state index contributed by atoms with van der Waals surface area (Å²) in [6.45, 7) is 4.42. The van der Waals surface area contributed by atoms with Gasteiger partial charge in [0, 0.05) is 23.0 Å². The average molecular weight is 1130 g/mol. The predicted molar refractivity (Wildman–Crippen MR) is 246 cm³/mol. The monoisotopic (exact) mass is 1130 g/mol. The molecule has 2 atom stereocenters. The first-order chi connectivity index (χ1) is 31.5.